The van der Waals surface area contributed by atoms with Crippen molar-refractivity contribution in [1.29, 1.82) is 0 Å². The number of carbonyl (C=O) groups excluding carboxylic acids is 3. The van der Waals surface area contributed by atoms with Crippen LogP contribution in [-0.2, 0) is 19.1 Å². The average molecular weight is 481 g/mol. The van der Waals surface area contributed by atoms with Crippen LogP contribution in [0.3, 0.4) is 0 Å². The minimum absolute atomic E-state index is 0.00119. The van der Waals surface area contributed by atoms with Gasteiger partial charge in [-0.3, -0.25) is 14.4 Å². The molecule has 0 heterocycles. The van der Waals surface area contributed by atoms with Crippen molar-refractivity contribution in [3.63, 3.8) is 0 Å². The summed E-state index contributed by atoms with van der Waals surface area (Å²) in [7, 11) is 0. The predicted molar refractivity (Wildman–Crippen MR) is 123 cm³/mol. The van der Waals surface area contributed by atoms with Gasteiger partial charge in [0.15, 0.2) is 5.60 Å². The third kappa shape index (κ3) is 3.21. The van der Waals surface area contributed by atoms with Crippen LogP contribution in [0.5, 0.6) is 0 Å². The lowest BCUT2D eigenvalue weighted by atomic mass is 9.42. The molecule has 0 aromatic rings. The summed E-state index contributed by atoms with van der Waals surface area (Å²) in [5.41, 5.74) is -4.95. The van der Waals surface area contributed by atoms with E-state index in [4.69, 9.17) is 4.74 Å². The van der Waals surface area contributed by atoms with E-state index in [2.05, 4.69) is 0 Å². The number of rotatable bonds is 6. The number of aliphatic hydroxyl groups is 2. The van der Waals surface area contributed by atoms with E-state index in [-0.39, 0.29) is 42.8 Å². The number of hydrogen-bond acceptors (Lipinski definition) is 6. The average Bonchev–Trinajstić information content (AvgIpc) is 3.01. The Bertz CT molecular complexity index is 860. The van der Waals surface area contributed by atoms with Crippen molar-refractivity contribution in [1.82, 2.24) is 0 Å². The number of ketones is 2. The van der Waals surface area contributed by atoms with Crippen LogP contribution in [0.4, 0.5) is 4.39 Å². The number of halogens is 1. The largest absolute Gasteiger partial charge is 0.450 e. The molecule has 192 valence electrons. The van der Waals surface area contributed by atoms with E-state index in [0.717, 1.165) is 6.42 Å². The molecular weight excluding hydrogens is 439 g/mol. The second-order valence-electron chi connectivity index (χ2n) is 12.0. The lowest BCUT2D eigenvalue weighted by molar-refractivity contribution is -0.240. The van der Waals surface area contributed by atoms with E-state index >= 15 is 4.39 Å². The molecule has 3 unspecified atom stereocenters. The van der Waals surface area contributed by atoms with Crippen LogP contribution in [0.15, 0.2) is 0 Å². The Balaban J connectivity index is 1.74. The highest BCUT2D eigenvalue weighted by Crippen LogP contribution is 2.72. The number of ether oxygens (including phenoxy) is 1. The second kappa shape index (κ2) is 8.65. The van der Waals surface area contributed by atoms with Gasteiger partial charge in [0.05, 0.1) is 6.10 Å². The van der Waals surface area contributed by atoms with Gasteiger partial charge in [0, 0.05) is 36.0 Å². The Labute approximate surface area is 202 Å². The van der Waals surface area contributed by atoms with Crippen molar-refractivity contribution in [3.05, 3.63) is 0 Å². The number of unbranched alkanes of at least 4 members (excludes halogenated alkanes) is 1. The predicted octanol–water partition coefficient (Wildman–Crippen LogP) is 3.94. The summed E-state index contributed by atoms with van der Waals surface area (Å²) < 4.78 is 23.4. The zero-order chi connectivity index (χ0) is 25.1. The van der Waals surface area contributed by atoms with Gasteiger partial charge in [-0.25, -0.2) is 4.39 Å². The fraction of sp³-hybridized carbons (Fsp3) is 0.889. The molecule has 0 amide bonds. The van der Waals surface area contributed by atoms with E-state index in [1.165, 1.54) is 0 Å². The molecule has 6 nitrogen and oxygen atoms in total. The molecule has 34 heavy (non-hydrogen) atoms. The highest BCUT2D eigenvalue weighted by atomic mass is 19.1. The molecular formula is C27H41FO6. The fourth-order valence-electron chi connectivity index (χ4n) is 8.87. The number of fused-ring (bicyclic) bond motifs is 5. The van der Waals surface area contributed by atoms with E-state index in [9.17, 15) is 24.6 Å². The molecule has 0 aromatic heterocycles. The van der Waals surface area contributed by atoms with Crippen LogP contribution < -0.4 is 0 Å². The maximum Gasteiger partial charge on any atom is 0.306 e. The van der Waals surface area contributed by atoms with Crippen molar-refractivity contribution in [3.8, 4) is 0 Å². The minimum Gasteiger partial charge on any atom is -0.450 e. The van der Waals surface area contributed by atoms with Crippen molar-refractivity contribution in [2.24, 2.45) is 34.5 Å². The molecule has 9 atom stereocenters. The molecule has 0 saturated heterocycles. The van der Waals surface area contributed by atoms with Gasteiger partial charge < -0.3 is 14.9 Å². The molecule has 4 aliphatic rings. The highest BCUT2D eigenvalue weighted by molar-refractivity contribution is 5.92. The van der Waals surface area contributed by atoms with Crippen molar-refractivity contribution in [2.45, 2.75) is 109 Å². The number of esters is 1. The summed E-state index contributed by atoms with van der Waals surface area (Å²) in [5.74, 6) is -2.10. The van der Waals surface area contributed by atoms with E-state index in [1.807, 2.05) is 27.7 Å². The topological polar surface area (TPSA) is 101 Å². The van der Waals surface area contributed by atoms with Crippen LogP contribution in [0, 0.1) is 34.5 Å². The lowest BCUT2D eigenvalue weighted by Gasteiger charge is -2.64. The Morgan fingerprint density at radius 1 is 1.15 bits per heavy atom. The molecule has 0 spiro atoms. The van der Waals surface area contributed by atoms with Crippen LogP contribution in [-0.4, -0.2) is 51.7 Å². The summed E-state index contributed by atoms with van der Waals surface area (Å²) in [6.45, 7) is 6.89. The first-order valence-corrected chi connectivity index (χ1v) is 13.2. The molecule has 2 N–H and O–H groups in total. The van der Waals surface area contributed by atoms with Gasteiger partial charge in [-0.1, -0.05) is 34.1 Å². The van der Waals surface area contributed by atoms with Gasteiger partial charge in [-0.2, -0.15) is 0 Å². The maximum absolute atomic E-state index is 17.3. The molecule has 0 aromatic carbocycles. The van der Waals surface area contributed by atoms with Gasteiger partial charge in [-0.05, 0) is 56.3 Å². The smallest absolute Gasteiger partial charge is 0.306 e. The Hall–Kier alpha value is -1.34. The van der Waals surface area contributed by atoms with E-state index in [1.54, 1.807) is 0 Å². The second-order valence-corrected chi connectivity index (χ2v) is 12.0. The van der Waals surface area contributed by atoms with Gasteiger partial charge in [0.1, 0.15) is 18.1 Å². The third-order valence-corrected chi connectivity index (χ3v) is 10.8. The molecule has 4 rings (SSSR count). The summed E-state index contributed by atoms with van der Waals surface area (Å²) in [4.78, 5) is 38.3. The standard InChI is InChI=1S/C27H41FO6/c1-5-6-7-23(33)34-27(22(32)15-29)16(2)12-20-19-9-8-17-13-18(30)14-21(31)25(17,4)26(19,28)11-10-24(20,27)3/h16-17,19-21,29,31H,5-15H2,1-4H3/t16?,17?,19-,20-,21?,24-,25+,26+,27-/m0/s1. The van der Waals surface area contributed by atoms with Crippen LogP contribution in [0.2, 0.25) is 0 Å². The maximum atomic E-state index is 17.3. The first-order chi connectivity index (χ1) is 15.9. The summed E-state index contributed by atoms with van der Waals surface area (Å²) >= 11 is 0. The normalized spacial score (nSPS) is 48.0. The van der Waals surface area contributed by atoms with Crippen molar-refractivity contribution < 1.29 is 33.7 Å². The summed E-state index contributed by atoms with van der Waals surface area (Å²) in [6, 6.07) is 0. The monoisotopic (exact) mass is 480 g/mol. The van der Waals surface area contributed by atoms with E-state index in [0.29, 0.717) is 38.5 Å². The molecule has 0 radical (unpaired) electrons. The Morgan fingerprint density at radius 3 is 2.50 bits per heavy atom. The van der Waals surface area contributed by atoms with Gasteiger partial charge in [0.2, 0.25) is 5.78 Å². The number of Topliss-reactive ketones (excluding diaryl/α,β-unsaturated/α-hetero) is 2. The van der Waals surface area contributed by atoms with Crippen LogP contribution >= 0.6 is 0 Å². The quantitative estimate of drug-likeness (QED) is 0.559. The Kier molecular flexibility index (Phi) is 6.55. The van der Waals surface area contributed by atoms with Crippen LogP contribution in [0.1, 0.15) is 91.9 Å². The van der Waals surface area contributed by atoms with Gasteiger partial charge in [0.25, 0.3) is 0 Å². The zero-order valence-corrected chi connectivity index (χ0v) is 21.1. The number of alkyl halides is 1. The van der Waals surface area contributed by atoms with Crippen LogP contribution in [0.25, 0.3) is 0 Å². The molecule has 0 bridgehead atoms. The molecule has 0 aliphatic heterocycles. The summed E-state index contributed by atoms with van der Waals surface area (Å²) in [6.07, 6.45) is 3.20. The summed E-state index contributed by atoms with van der Waals surface area (Å²) in [5, 5.41) is 20.9. The number of aliphatic hydroxyl groups excluding tert-OH is 2. The fourth-order valence-corrected chi connectivity index (χ4v) is 8.87. The molecule has 7 heteroatoms. The van der Waals surface area contributed by atoms with Crippen molar-refractivity contribution in [2.75, 3.05) is 6.61 Å². The van der Waals surface area contributed by atoms with Crippen molar-refractivity contribution >= 4 is 17.5 Å². The molecule has 4 saturated carbocycles. The Morgan fingerprint density at radius 2 is 1.85 bits per heavy atom. The van der Waals surface area contributed by atoms with Gasteiger partial charge in [-0.15, -0.1) is 0 Å². The first-order valence-electron chi connectivity index (χ1n) is 13.2. The zero-order valence-electron chi connectivity index (χ0n) is 21.1. The minimum atomic E-state index is -1.66. The third-order valence-electron chi connectivity index (χ3n) is 10.8. The SMILES string of the molecule is CCCCC(=O)O[C@]1(C(=O)CO)C(C)C[C@H]2[C@@H]3CCC4CC(=O)CC(O)[C@]4(C)[C@@]3(F)CC[C@@]21C. The molecule has 4 aliphatic carbocycles. The van der Waals surface area contributed by atoms with Gasteiger partial charge >= 0.3 is 5.97 Å². The molecule has 4 fully saturated rings. The number of carbonyl (C=O) groups is 3. The highest BCUT2D eigenvalue weighted by Gasteiger charge is 2.76. The number of hydrogen-bond donors (Lipinski definition) is 2. The lowest BCUT2D eigenvalue weighted by Crippen LogP contribution is -2.69. The first kappa shape index (κ1) is 25.7. The van der Waals surface area contributed by atoms with E-state index < -0.39 is 52.5 Å².